The number of carboxylic acids is 1. The minimum Gasteiger partial charge on any atom is -0.481 e. The normalized spacial score (nSPS) is 15.3. The molecule has 4 heteroatoms. The van der Waals surface area contributed by atoms with Crippen LogP contribution in [0.4, 0.5) is 0 Å². The fraction of sp³-hybridized carbons (Fsp3) is 0.846. The van der Waals surface area contributed by atoms with Crippen molar-refractivity contribution in [2.75, 3.05) is 6.54 Å². The van der Waals surface area contributed by atoms with Crippen LogP contribution in [0.15, 0.2) is 0 Å². The maximum atomic E-state index is 11.4. The van der Waals surface area contributed by atoms with Crippen LogP contribution in [0.1, 0.15) is 57.8 Å². The lowest BCUT2D eigenvalue weighted by Gasteiger charge is -2.24. The Morgan fingerprint density at radius 3 is 2.47 bits per heavy atom. The molecule has 2 N–H and O–H groups in total. The Bertz CT molecular complexity index is 249. The van der Waals surface area contributed by atoms with Crippen LogP contribution in [0, 0.1) is 5.92 Å². The molecule has 17 heavy (non-hydrogen) atoms. The monoisotopic (exact) mass is 241 g/mol. The van der Waals surface area contributed by atoms with E-state index in [1.807, 2.05) is 0 Å². The van der Waals surface area contributed by atoms with Crippen molar-refractivity contribution in [3.05, 3.63) is 0 Å². The maximum Gasteiger partial charge on any atom is 0.303 e. The smallest absolute Gasteiger partial charge is 0.303 e. The first-order valence-electron chi connectivity index (χ1n) is 6.67. The average Bonchev–Trinajstić information content (AvgIpc) is 2.20. The van der Waals surface area contributed by atoms with Crippen LogP contribution in [0.25, 0.3) is 0 Å². The molecule has 0 atom stereocenters. The predicted octanol–water partition coefficient (Wildman–Crippen LogP) is 2.33. The molecule has 0 bridgehead atoms. The lowest BCUT2D eigenvalue weighted by molar-refractivity contribution is -0.137. The number of aliphatic carboxylic acids is 1. The molecule has 0 aromatic heterocycles. The summed E-state index contributed by atoms with van der Waals surface area (Å²) in [6.45, 7) is 0.684. The molecule has 0 unspecified atom stereocenters. The minimum absolute atomic E-state index is 0.148. The second kappa shape index (κ2) is 8.09. The summed E-state index contributed by atoms with van der Waals surface area (Å²) in [4.78, 5) is 21.7. The highest BCUT2D eigenvalue weighted by Gasteiger charge is 2.17. The van der Waals surface area contributed by atoms with Gasteiger partial charge in [-0.3, -0.25) is 9.59 Å². The quantitative estimate of drug-likeness (QED) is 0.609. The Morgan fingerprint density at radius 1 is 1.12 bits per heavy atom. The Labute approximate surface area is 103 Å². The number of nitrogens with one attached hydrogen (secondary N) is 1. The van der Waals surface area contributed by atoms with Gasteiger partial charge in [0.2, 0.25) is 5.91 Å². The van der Waals surface area contributed by atoms with Crippen LogP contribution in [0.2, 0.25) is 0 Å². The van der Waals surface area contributed by atoms with Crippen molar-refractivity contribution in [2.24, 2.45) is 5.92 Å². The molecule has 0 aromatic carbocycles. The van der Waals surface area contributed by atoms with Gasteiger partial charge in [0.25, 0.3) is 0 Å². The Hall–Kier alpha value is -1.06. The lowest BCUT2D eigenvalue weighted by atomic mass is 9.82. The van der Waals surface area contributed by atoms with Crippen molar-refractivity contribution in [1.29, 1.82) is 0 Å². The summed E-state index contributed by atoms with van der Waals surface area (Å²) >= 11 is 0. The van der Waals surface area contributed by atoms with Crippen LogP contribution in [0.5, 0.6) is 0 Å². The van der Waals surface area contributed by atoms with Gasteiger partial charge in [0, 0.05) is 19.4 Å². The summed E-state index contributed by atoms with van der Waals surface area (Å²) in [6.07, 6.45) is 8.28. The van der Waals surface area contributed by atoms with Crippen molar-refractivity contribution in [3.8, 4) is 0 Å². The van der Waals surface area contributed by atoms with Gasteiger partial charge in [0.05, 0.1) is 0 Å². The van der Waals surface area contributed by atoms with Crippen molar-refractivity contribution in [3.63, 3.8) is 0 Å². The van der Waals surface area contributed by atoms with E-state index in [-0.39, 0.29) is 12.3 Å². The standard InChI is InChI=1S/C13H23NO3/c15-12(9-8-11-5-4-6-11)14-10-3-1-2-7-13(16)17/h11H,1-10H2,(H,14,15)(H,16,17). The topological polar surface area (TPSA) is 66.4 Å². The van der Waals surface area contributed by atoms with Gasteiger partial charge >= 0.3 is 5.97 Å². The van der Waals surface area contributed by atoms with E-state index in [9.17, 15) is 9.59 Å². The maximum absolute atomic E-state index is 11.4. The van der Waals surface area contributed by atoms with Crippen LogP contribution >= 0.6 is 0 Å². The molecule has 1 rings (SSSR count). The zero-order chi connectivity index (χ0) is 12.5. The van der Waals surface area contributed by atoms with Gasteiger partial charge in [-0.05, 0) is 25.2 Å². The highest BCUT2D eigenvalue weighted by molar-refractivity contribution is 5.75. The molecule has 1 fully saturated rings. The van der Waals surface area contributed by atoms with Gasteiger partial charge in [-0.2, -0.15) is 0 Å². The number of carboxylic acid groups (broad SMARTS) is 1. The zero-order valence-electron chi connectivity index (χ0n) is 10.4. The molecule has 98 valence electrons. The van der Waals surface area contributed by atoms with E-state index in [4.69, 9.17) is 5.11 Å². The fourth-order valence-electron chi connectivity index (χ4n) is 2.01. The molecular formula is C13H23NO3. The summed E-state index contributed by atoms with van der Waals surface area (Å²) in [5.41, 5.74) is 0. The highest BCUT2D eigenvalue weighted by atomic mass is 16.4. The van der Waals surface area contributed by atoms with Crippen LogP contribution < -0.4 is 5.32 Å². The van der Waals surface area contributed by atoms with Gasteiger partial charge in [0.15, 0.2) is 0 Å². The zero-order valence-corrected chi connectivity index (χ0v) is 10.4. The number of hydrogen-bond donors (Lipinski definition) is 2. The minimum atomic E-state index is -0.741. The summed E-state index contributed by atoms with van der Waals surface area (Å²) < 4.78 is 0. The average molecular weight is 241 g/mol. The molecule has 0 saturated heterocycles. The van der Waals surface area contributed by atoms with Crippen LogP contribution in [0.3, 0.4) is 0 Å². The predicted molar refractivity (Wildman–Crippen MR) is 65.7 cm³/mol. The van der Waals surface area contributed by atoms with E-state index in [1.54, 1.807) is 0 Å². The Balaban J connectivity index is 1.84. The molecule has 0 radical (unpaired) electrons. The van der Waals surface area contributed by atoms with Crippen molar-refractivity contribution in [1.82, 2.24) is 5.32 Å². The van der Waals surface area contributed by atoms with Gasteiger partial charge in [-0.15, -0.1) is 0 Å². The van der Waals surface area contributed by atoms with E-state index in [2.05, 4.69) is 5.32 Å². The largest absolute Gasteiger partial charge is 0.481 e. The fourth-order valence-corrected chi connectivity index (χ4v) is 2.01. The number of carbonyl (C=O) groups is 2. The van der Waals surface area contributed by atoms with Crippen molar-refractivity contribution in [2.45, 2.75) is 57.8 Å². The third-order valence-corrected chi connectivity index (χ3v) is 3.39. The van der Waals surface area contributed by atoms with Gasteiger partial charge in [-0.1, -0.05) is 25.7 Å². The molecule has 4 nitrogen and oxygen atoms in total. The first-order valence-corrected chi connectivity index (χ1v) is 6.67. The molecule has 1 aliphatic carbocycles. The third kappa shape index (κ3) is 6.97. The number of carbonyl (C=O) groups excluding carboxylic acids is 1. The van der Waals surface area contributed by atoms with E-state index in [0.29, 0.717) is 19.4 Å². The summed E-state index contributed by atoms with van der Waals surface area (Å²) in [7, 11) is 0. The van der Waals surface area contributed by atoms with Crippen LogP contribution in [-0.2, 0) is 9.59 Å². The lowest BCUT2D eigenvalue weighted by Crippen LogP contribution is -2.25. The van der Waals surface area contributed by atoms with Gasteiger partial charge in [-0.25, -0.2) is 0 Å². The molecule has 1 amide bonds. The number of hydrogen-bond acceptors (Lipinski definition) is 2. The number of amides is 1. The van der Waals surface area contributed by atoms with E-state index in [1.165, 1.54) is 19.3 Å². The Kier molecular flexibility index (Phi) is 6.67. The van der Waals surface area contributed by atoms with Crippen LogP contribution in [-0.4, -0.2) is 23.5 Å². The Morgan fingerprint density at radius 2 is 1.88 bits per heavy atom. The third-order valence-electron chi connectivity index (χ3n) is 3.39. The molecule has 0 spiro atoms. The summed E-state index contributed by atoms with van der Waals surface area (Å²) in [5.74, 6) is 0.195. The van der Waals surface area contributed by atoms with E-state index >= 15 is 0 Å². The number of rotatable bonds is 9. The molecule has 0 heterocycles. The van der Waals surface area contributed by atoms with E-state index in [0.717, 1.165) is 25.2 Å². The van der Waals surface area contributed by atoms with Crippen molar-refractivity contribution >= 4 is 11.9 Å². The summed E-state index contributed by atoms with van der Waals surface area (Å²) in [5, 5.41) is 11.3. The van der Waals surface area contributed by atoms with E-state index < -0.39 is 5.97 Å². The molecule has 0 aromatic rings. The summed E-state index contributed by atoms with van der Waals surface area (Å²) in [6, 6.07) is 0. The second-order valence-electron chi connectivity index (χ2n) is 4.89. The molecular weight excluding hydrogens is 218 g/mol. The van der Waals surface area contributed by atoms with Gasteiger partial charge < -0.3 is 10.4 Å². The van der Waals surface area contributed by atoms with Crippen molar-refractivity contribution < 1.29 is 14.7 Å². The molecule has 1 aliphatic rings. The number of unbranched alkanes of at least 4 members (excludes halogenated alkanes) is 2. The molecule has 1 saturated carbocycles. The first-order chi connectivity index (χ1) is 8.18. The first kappa shape index (κ1) is 14.0. The second-order valence-corrected chi connectivity index (χ2v) is 4.89. The van der Waals surface area contributed by atoms with Gasteiger partial charge in [0.1, 0.15) is 0 Å². The highest BCUT2D eigenvalue weighted by Crippen LogP contribution is 2.30. The SMILES string of the molecule is O=C(O)CCCCCNC(=O)CCC1CCC1. The molecule has 0 aliphatic heterocycles.